The molecular formula is C28H33ClN2O8. The summed E-state index contributed by atoms with van der Waals surface area (Å²) in [5.41, 5.74) is 1.05. The predicted molar refractivity (Wildman–Crippen MR) is 141 cm³/mol. The number of benzene rings is 1. The summed E-state index contributed by atoms with van der Waals surface area (Å²) in [6, 6.07) is 4.00. The molecule has 0 aliphatic heterocycles. The van der Waals surface area contributed by atoms with Gasteiger partial charge >= 0.3 is 17.9 Å². The zero-order chi connectivity index (χ0) is 28.5. The molecule has 10 nitrogen and oxygen atoms in total. The second kappa shape index (κ2) is 11.4. The van der Waals surface area contributed by atoms with E-state index in [4.69, 9.17) is 21.2 Å². The molecule has 0 bridgehead atoms. The molecule has 1 atom stereocenters. The maximum absolute atomic E-state index is 13.0. The summed E-state index contributed by atoms with van der Waals surface area (Å²) >= 11 is 6.16. The lowest BCUT2D eigenvalue weighted by atomic mass is 9.66. The Morgan fingerprint density at radius 1 is 1.13 bits per heavy atom. The minimum atomic E-state index is -1.14. The summed E-state index contributed by atoms with van der Waals surface area (Å²) in [7, 11) is 0. The number of anilines is 1. The largest absolute Gasteiger partial charge is 0.481 e. The van der Waals surface area contributed by atoms with E-state index in [9.17, 15) is 29.4 Å². The number of hydrogen-bond donors (Lipinski definition) is 4. The molecule has 11 heteroatoms. The lowest BCUT2D eigenvalue weighted by Gasteiger charge is -2.37. The van der Waals surface area contributed by atoms with E-state index in [2.05, 4.69) is 10.5 Å². The molecule has 2 aromatic rings. The van der Waals surface area contributed by atoms with Gasteiger partial charge in [-0.3, -0.25) is 14.4 Å². The number of carboxylic acid groups (broad SMARTS) is 3. The van der Waals surface area contributed by atoms with E-state index in [1.807, 2.05) is 0 Å². The Morgan fingerprint density at radius 2 is 1.82 bits per heavy atom. The fourth-order valence-corrected chi connectivity index (χ4v) is 5.66. The van der Waals surface area contributed by atoms with Gasteiger partial charge in [0.15, 0.2) is 0 Å². The van der Waals surface area contributed by atoms with Gasteiger partial charge in [-0.1, -0.05) is 16.8 Å². The Hall–Kier alpha value is -3.40. The highest BCUT2D eigenvalue weighted by atomic mass is 35.5. The third-order valence-electron chi connectivity index (χ3n) is 7.77. The van der Waals surface area contributed by atoms with Gasteiger partial charge in [-0.15, -0.1) is 0 Å². The molecule has 210 valence electrons. The lowest BCUT2D eigenvalue weighted by Crippen LogP contribution is -2.32. The van der Waals surface area contributed by atoms with Crippen molar-refractivity contribution in [1.82, 2.24) is 5.16 Å². The molecule has 1 amide bonds. The zero-order valence-electron chi connectivity index (χ0n) is 21.9. The van der Waals surface area contributed by atoms with Crippen LogP contribution in [0.5, 0.6) is 0 Å². The van der Waals surface area contributed by atoms with Crippen LogP contribution in [0.2, 0.25) is 5.02 Å². The fraction of sp³-hybridized carbons (Fsp3) is 0.536. The lowest BCUT2D eigenvalue weighted by molar-refractivity contribution is -0.148. The first kappa shape index (κ1) is 28.6. The van der Waals surface area contributed by atoms with E-state index in [0.717, 1.165) is 37.0 Å². The van der Waals surface area contributed by atoms with Crippen molar-refractivity contribution >= 4 is 41.1 Å². The van der Waals surface area contributed by atoms with Gasteiger partial charge in [-0.2, -0.15) is 0 Å². The van der Waals surface area contributed by atoms with Crippen LogP contribution in [0, 0.1) is 11.3 Å². The second-order valence-corrected chi connectivity index (χ2v) is 11.8. The van der Waals surface area contributed by atoms with Crippen LogP contribution in [0.3, 0.4) is 0 Å². The first-order valence-corrected chi connectivity index (χ1v) is 13.5. The molecule has 0 radical (unpaired) electrons. The van der Waals surface area contributed by atoms with Crippen molar-refractivity contribution in [1.29, 1.82) is 0 Å². The number of amides is 1. The molecule has 2 aliphatic rings. The van der Waals surface area contributed by atoms with E-state index >= 15 is 0 Å². The molecule has 4 rings (SSSR count). The van der Waals surface area contributed by atoms with Crippen LogP contribution in [-0.4, -0.2) is 44.3 Å². The summed E-state index contributed by atoms with van der Waals surface area (Å²) in [4.78, 5) is 47.1. The van der Waals surface area contributed by atoms with Gasteiger partial charge in [-0.25, -0.2) is 4.79 Å². The van der Waals surface area contributed by atoms with Gasteiger partial charge in [0, 0.05) is 30.2 Å². The Balaban J connectivity index is 1.50. The van der Waals surface area contributed by atoms with Crippen molar-refractivity contribution in [3.05, 3.63) is 45.8 Å². The van der Waals surface area contributed by atoms with Crippen molar-refractivity contribution in [2.24, 2.45) is 11.3 Å². The predicted octanol–water partition coefficient (Wildman–Crippen LogP) is 5.88. The number of carboxylic acids is 3. The Bertz CT molecular complexity index is 1280. The first-order valence-electron chi connectivity index (χ1n) is 13.1. The van der Waals surface area contributed by atoms with Gasteiger partial charge in [0.25, 0.3) is 0 Å². The van der Waals surface area contributed by atoms with Crippen molar-refractivity contribution in [3.63, 3.8) is 0 Å². The summed E-state index contributed by atoms with van der Waals surface area (Å²) in [6.07, 6.45) is 4.12. The minimum Gasteiger partial charge on any atom is -0.481 e. The number of nitrogens with one attached hydrogen (secondary N) is 1. The molecule has 1 aromatic carbocycles. The summed E-state index contributed by atoms with van der Waals surface area (Å²) in [6.45, 7) is 3.47. The zero-order valence-corrected chi connectivity index (χ0v) is 22.7. The smallest absolute Gasteiger partial charge is 0.335 e. The normalized spacial score (nSPS) is 19.7. The molecule has 4 N–H and O–H groups in total. The molecule has 2 saturated carbocycles. The number of halogens is 1. The average Bonchev–Trinajstić information content (AvgIpc) is 3.58. The van der Waals surface area contributed by atoms with Gasteiger partial charge in [0.05, 0.1) is 27.4 Å². The summed E-state index contributed by atoms with van der Waals surface area (Å²) < 4.78 is 5.85. The highest BCUT2D eigenvalue weighted by Gasteiger charge is 2.43. The van der Waals surface area contributed by atoms with Crippen molar-refractivity contribution in [3.8, 4) is 0 Å². The van der Waals surface area contributed by atoms with Crippen molar-refractivity contribution in [2.45, 2.75) is 83.0 Å². The highest BCUT2D eigenvalue weighted by Crippen LogP contribution is 2.53. The van der Waals surface area contributed by atoms with Crippen LogP contribution in [-0.2, 0) is 14.4 Å². The van der Waals surface area contributed by atoms with Crippen LogP contribution in [0.25, 0.3) is 0 Å². The first-order chi connectivity index (χ1) is 18.4. The molecule has 39 heavy (non-hydrogen) atoms. The molecule has 2 fully saturated rings. The third-order valence-corrected chi connectivity index (χ3v) is 8.08. The number of carbonyl (C=O) groups excluding carboxylic acids is 1. The van der Waals surface area contributed by atoms with E-state index in [-0.39, 0.29) is 53.3 Å². The quantitative estimate of drug-likeness (QED) is 0.234. The standard InChI is InChI=1S/C28H33ClN2O8/c1-28(2,27(37)38)13-14-9-18(10-14)25-23(15-3-4-15)24(31-39-25)16(6-8-22(33)34)12-21(32)30-20-7-5-17(26(35)36)11-19(20)29/h5,7,11,14-16,18H,3-4,6,8-10,12-13H2,1-2H3,(H,30,32)(H,33,34)(H,35,36)(H,37,38). The Morgan fingerprint density at radius 3 is 2.38 bits per heavy atom. The van der Waals surface area contributed by atoms with E-state index in [1.54, 1.807) is 13.8 Å². The summed E-state index contributed by atoms with van der Waals surface area (Å²) in [5.74, 6) is -2.40. The average molecular weight is 561 g/mol. The molecule has 1 unspecified atom stereocenters. The monoisotopic (exact) mass is 560 g/mol. The molecule has 0 spiro atoms. The van der Waals surface area contributed by atoms with Crippen LogP contribution in [0.4, 0.5) is 5.69 Å². The van der Waals surface area contributed by atoms with Gasteiger partial charge < -0.3 is 25.2 Å². The van der Waals surface area contributed by atoms with Crippen LogP contribution < -0.4 is 5.32 Å². The molecule has 1 aromatic heterocycles. The number of nitrogens with zero attached hydrogens (tertiary/aromatic N) is 1. The van der Waals surface area contributed by atoms with Crippen LogP contribution >= 0.6 is 11.6 Å². The number of rotatable bonds is 13. The molecular weight excluding hydrogens is 528 g/mol. The Labute approximate surface area is 230 Å². The topological polar surface area (TPSA) is 167 Å². The van der Waals surface area contributed by atoms with Crippen LogP contribution in [0.15, 0.2) is 22.7 Å². The van der Waals surface area contributed by atoms with E-state index in [0.29, 0.717) is 12.1 Å². The SMILES string of the molecule is CC(C)(CC1CC(c2onc(C(CCC(=O)O)CC(=O)Nc3ccc(C(=O)O)cc3Cl)c2C2CC2)C1)C(=O)O. The Kier molecular flexibility index (Phi) is 8.34. The van der Waals surface area contributed by atoms with Crippen molar-refractivity contribution in [2.75, 3.05) is 5.32 Å². The van der Waals surface area contributed by atoms with Gasteiger partial charge in [0.1, 0.15) is 5.76 Å². The number of carbonyl (C=O) groups is 4. The van der Waals surface area contributed by atoms with Crippen molar-refractivity contribution < 1.29 is 39.0 Å². The maximum Gasteiger partial charge on any atom is 0.335 e. The van der Waals surface area contributed by atoms with Gasteiger partial charge in [0.2, 0.25) is 5.91 Å². The number of hydrogen-bond acceptors (Lipinski definition) is 6. The second-order valence-electron chi connectivity index (χ2n) is 11.4. The van der Waals surface area contributed by atoms with Gasteiger partial charge in [-0.05, 0) is 82.4 Å². The summed E-state index contributed by atoms with van der Waals surface area (Å²) in [5, 5.41) is 35.0. The number of aliphatic carboxylic acids is 2. The molecule has 0 saturated heterocycles. The van der Waals surface area contributed by atoms with Crippen LogP contribution in [0.1, 0.15) is 110 Å². The van der Waals surface area contributed by atoms with E-state index in [1.165, 1.54) is 18.2 Å². The maximum atomic E-state index is 13.0. The third kappa shape index (κ3) is 6.79. The molecule has 1 heterocycles. The minimum absolute atomic E-state index is 0.00806. The fourth-order valence-electron chi connectivity index (χ4n) is 5.43. The number of aromatic carboxylic acids is 1. The van der Waals surface area contributed by atoms with E-state index < -0.39 is 35.1 Å². The highest BCUT2D eigenvalue weighted by molar-refractivity contribution is 6.34. The molecule has 2 aliphatic carbocycles. The number of aromatic nitrogens is 1.